The first-order chi connectivity index (χ1) is 39.8. The van der Waals surface area contributed by atoms with Crippen LogP contribution >= 0.6 is 11.3 Å². The first-order valence-corrected chi connectivity index (χ1v) is 31.1. The van der Waals surface area contributed by atoms with Crippen molar-refractivity contribution in [1.82, 2.24) is 19.9 Å². The quantitative estimate of drug-likeness (QED) is 0.147. The Hall–Kier alpha value is -7.04. The molecule has 86 heavy (non-hydrogen) atoms. The van der Waals surface area contributed by atoms with E-state index < -0.39 is 5.79 Å². The zero-order valence-electron chi connectivity index (χ0n) is 56.7. The van der Waals surface area contributed by atoms with E-state index in [0.29, 0.717) is 29.5 Å². The number of para-hydroxylation sites is 4. The second-order valence-electron chi connectivity index (χ2n) is 29.9. The molecule has 0 fully saturated rings. The molecular weight excluding hydrogens is 1080 g/mol. The van der Waals surface area contributed by atoms with Gasteiger partial charge in [-0.1, -0.05) is 218 Å². The number of aromatic nitrogens is 4. The van der Waals surface area contributed by atoms with Crippen molar-refractivity contribution in [2.45, 2.75) is 188 Å². The Balaban J connectivity index is 0.000000212. The number of pyridine rings is 1. The Labute approximate surface area is 522 Å². The van der Waals surface area contributed by atoms with Crippen molar-refractivity contribution in [3.63, 3.8) is 0 Å². The lowest BCUT2D eigenvalue weighted by Crippen LogP contribution is -2.29. The van der Waals surface area contributed by atoms with Crippen LogP contribution in [0.25, 0.3) is 32.2 Å². The number of fused-ring (bicyclic) bond motifs is 6. The molecule has 0 unspecified atom stereocenters. The third-order valence-electron chi connectivity index (χ3n) is 11.6. The largest absolute Gasteiger partial charge is 0.493 e. The van der Waals surface area contributed by atoms with Crippen LogP contribution in [0.4, 0.5) is 0 Å². The van der Waals surface area contributed by atoms with Crippen LogP contribution in [0.2, 0.25) is 0 Å². The summed E-state index contributed by atoms with van der Waals surface area (Å²) >= 11 is 1.70. The minimum atomic E-state index is -0.496. The third kappa shape index (κ3) is 28.0. The van der Waals surface area contributed by atoms with Gasteiger partial charge in [0.05, 0.1) is 38.9 Å². The predicted molar refractivity (Wildman–Crippen MR) is 367 cm³/mol. The Morgan fingerprint density at radius 2 is 0.791 bits per heavy atom. The fourth-order valence-corrected chi connectivity index (χ4v) is 8.23. The molecule has 0 aliphatic carbocycles. The van der Waals surface area contributed by atoms with Crippen LogP contribution < -0.4 is 23.7 Å². The van der Waals surface area contributed by atoms with Crippen LogP contribution in [0, 0.1) is 16.2 Å². The van der Waals surface area contributed by atoms with Crippen LogP contribution in [-0.2, 0) is 22.7 Å². The molecule has 3 aromatic heterocycles. The minimum Gasteiger partial charge on any atom is -0.493 e. The molecule has 9 nitrogen and oxygen atoms in total. The van der Waals surface area contributed by atoms with Crippen molar-refractivity contribution in [1.29, 1.82) is 0 Å². The van der Waals surface area contributed by atoms with E-state index in [9.17, 15) is 0 Å². The fraction of sp³-hybridized carbons (Fsp3) is 0.447. The molecule has 3 aliphatic heterocycles. The highest BCUT2D eigenvalue weighted by atomic mass is 32.1. The van der Waals surface area contributed by atoms with Crippen molar-refractivity contribution in [2.24, 2.45) is 16.2 Å². The van der Waals surface area contributed by atoms with Gasteiger partial charge in [0.1, 0.15) is 19.0 Å². The monoisotopic (exact) mass is 1180 g/mol. The maximum atomic E-state index is 5.53. The Kier molecular flexibility index (Phi) is 26.2. The van der Waals surface area contributed by atoms with Crippen molar-refractivity contribution in [2.75, 3.05) is 19.8 Å². The van der Waals surface area contributed by atoms with Gasteiger partial charge in [0.25, 0.3) is 0 Å². The molecule has 0 atom stereocenters. The molecule has 6 aromatic carbocycles. The van der Waals surface area contributed by atoms with Gasteiger partial charge < -0.3 is 23.7 Å². The first kappa shape index (κ1) is 71.4. The standard InChI is InChI=1S/C12H14N2.C12H16O2.C11H13NS.C9H7N.C9H10O2.C8H8O.3C5H12/c2*1-12(2,3)9-4-5-10-11(8-9)14-7-6-13-10;1-11(2,3)8-4-5-10-9(6-8)12-7-13-10;1-2-6-9-8(4-1)5-3-7-10-9;1-9(2)10-7-5-3-4-6-8(7)11-9;1-2-4-8-7(3-1)5-6-9-8;3*1-5(2,3)4/h4-8H,1-3H3;4-5,8H,6-7H2,1-3H3;4-7H,1-3H3;1-7H;3-6H,1-2H3;1-4H,5-6H2;3*1-4H3. The number of benzene rings is 6. The van der Waals surface area contributed by atoms with E-state index >= 15 is 0 Å². The topological polar surface area (TPSA) is 97.7 Å². The third-order valence-corrected chi connectivity index (χ3v) is 12.4. The Bertz CT molecular complexity index is 3290. The number of hydrogen-bond donors (Lipinski definition) is 0. The SMILES string of the molecule is CC(C)(C)C.CC(C)(C)C.CC(C)(C)C.CC(C)(C)c1ccc2c(c1)OCCO2.CC(C)(C)c1ccc2nccnc2c1.CC(C)(C)c1ccc2scnc2c1.CC1(C)Oc2ccccc2O1.c1ccc2c(c1)CCO2.c1ccc2ncccc2c1. The molecule has 0 saturated carbocycles. The lowest BCUT2D eigenvalue weighted by Gasteiger charge is -2.23. The van der Waals surface area contributed by atoms with Gasteiger partial charge in [0.2, 0.25) is 5.79 Å². The van der Waals surface area contributed by atoms with Gasteiger partial charge in [-0.15, -0.1) is 11.3 Å². The van der Waals surface area contributed by atoms with Crippen LogP contribution in [0.5, 0.6) is 28.7 Å². The second kappa shape index (κ2) is 31.6. The van der Waals surface area contributed by atoms with E-state index in [2.05, 4.69) is 226 Å². The fourth-order valence-electron chi connectivity index (χ4n) is 7.57. The Morgan fingerprint density at radius 1 is 0.360 bits per heavy atom. The number of hydrogen-bond acceptors (Lipinski definition) is 10. The van der Waals surface area contributed by atoms with Crippen molar-refractivity contribution in [3.05, 3.63) is 186 Å². The molecule has 12 rings (SSSR count). The van der Waals surface area contributed by atoms with E-state index in [0.717, 1.165) is 63.8 Å². The van der Waals surface area contributed by atoms with Crippen molar-refractivity contribution in [3.8, 4) is 28.7 Å². The lowest BCUT2D eigenvalue weighted by atomic mass is 9.87. The molecule has 9 aromatic rings. The van der Waals surface area contributed by atoms with Crippen molar-refractivity contribution < 1.29 is 23.7 Å². The molecule has 10 heteroatoms. The van der Waals surface area contributed by atoms with E-state index in [1.165, 1.54) is 32.3 Å². The normalized spacial score (nSPS) is 13.4. The van der Waals surface area contributed by atoms with Crippen LogP contribution in [0.3, 0.4) is 0 Å². The summed E-state index contributed by atoms with van der Waals surface area (Å²) < 4.78 is 28.5. The lowest BCUT2D eigenvalue weighted by molar-refractivity contribution is -0.0431. The summed E-state index contributed by atoms with van der Waals surface area (Å²) in [6, 6.07) is 46.9. The van der Waals surface area contributed by atoms with Gasteiger partial charge in [-0.05, 0) is 121 Å². The zero-order valence-corrected chi connectivity index (χ0v) is 57.5. The summed E-state index contributed by atoms with van der Waals surface area (Å²) in [4.78, 5) is 17.0. The highest BCUT2D eigenvalue weighted by Crippen LogP contribution is 2.39. The first-order valence-electron chi connectivity index (χ1n) is 30.3. The number of ether oxygens (including phenoxy) is 5. The molecule has 3 aliphatic rings. The minimum absolute atomic E-state index is 0.163. The average Bonchev–Trinajstić information content (AvgIpc) is 2.92. The summed E-state index contributed by atoms with van der Waals surface area (Å²) in [5, 5.41) is 1.20. The van der Waals surface area contributed by atoms with Gasteiger partial charge in [-0.3, -0.25) is 15.0 Å². The van der Waals surface area contributed by atoms with Crippen LogP contribution in [-0.4, -0.2) is 45.5 Å². The number of thiazole rings is 1. The average molecular weight is 1190 g/mol. The summed E-state index contributed by atoms with van der Waals surface area (Å²) in [5.41, 5.74) is 13.3. The highest BCUT2D eigenvalue weighted by Gasteiger charge is 2.31. The van der Waals surface area contributed by atoms with Gasteiger partial charge in [0, 0.05) is 44.2 Å². The van der Waals surface area contributed by atoms with Crippen LogP contribution in [0.15, 0.2) is 164 Å². The molecule has 464 valence electrons. The maximum absolute atomic E-state index is 5.53. The molecule has 0 radical (unpaired) electrons. The zero-order chi connectivity index (χ0) is 64.2. The van der Waals surface area contributed by atoms with Gasteiger partial charge in [0.15, 0.2) is 23.0 Å². The molecule has 0 bridgehead atoms. The summed E-state index contributed by atoms with van der Waals surface area (Å²) in [7, 11) is 0. The smallest absolute Gasteiger partial charge is 0.246 e. The summed E-state index contributed by atoms with van der Waals surface area (Å²) in [6.07, 6.45) is 6.34. The predicted octanol–water partition coefficient (Wildman–Crippen LogP) is 21.5. The molecule has 6 heterocycles. The van der Waals surface area contributed by atoms with E-state index in [1.54, 1.807) is 23.7 Å². The maximum Gasteiger partial charge on any atom is 0.246 e. The molecule has 0 saturated heterocycles. The summed E-state index contributed by atoms with van der Waals surface area (Å²) in [6.45, 7) is 52.1. The molecule has 0 N–H and O–H groups in total. The van der Waals surface area contributed by atoms with Gasteiger partial charge >= 0.3 is 0 Å². The molecule has 0 amide bonds. The van der Waals surface area contributed by atoms with Crippen LogP contribution in [0.1, 0.15) is 181 Å². The molecule has 0 spiro atoms. The van der Waals surface area contributed by atoms with Gasteiger partial charge in [-0.25, -0.2) is 4.98 Å². The highest BCUT2D eigenvalue weighted by molar-refractivity contribution is 7.16. The second-order valence-corrected chi connectivity index (χ2v) is 30.7. The van der Waals surface area contributed by atoms with Crippen molar-refractivity contribution >= 4 is 43.5 Å². The number of nitrogens with zero attached hydrogens (tertiary/aromatic N) is 4. The van der Waals surface area contributed by atoms with E-state index in [-0.39, 0.29) is 16.2 Å². The number of rotatable bonds is 0. The van der Waals surface area contributed by atoms with Gasteiger partial charge in [-0.2, -0.15) is 0 Å². The summed E-state index contributed by atoms with van der Waals surface area (Å²) in [5.74, 6) is 3.98. The van der Waals surface area contributed by atoms with E-state index in [1.807, 2.05) is 104 Å². The molecular formula is C76H104N4O5S. The Morgan fingerprint density at radius 3 is 1.34 bits per heavy atom. The van der Waals surface area contributed by atoms with E-state index in [4.69, 9.17) is 23.7 Å².